The standard InChI is InChI=1S/C15H19BrN2O3/c1-9-4-2-3-5-12(9)17-15(21)18-13-7-6-10(16)8-11(13)14(19)20/h6-9,12H,2-5H2,1H3,(H,19,20)(H2,17,18,21). The monoisotopic (exact) mass is 354 g/mol. The number of amides is 2. The predicted octanol–water partition coefficient (Wildman–Crippen LogP) is 3.85. The highest BCUT2D eigenvalue weighted by atomic mass is 79.9. The summed E-state index contributed by atoms with van der Waals surface area (Å²) in [6.07, 6.45) is 4.41. The van der Waals surface area contributed by atoms with Crippen molar-refractivity contribution >= 4 is 33.6 Å². The predicted molar refractivity (Wildman–Crippen MR) is 84.7 cm³/mol. The molecule has 114 valence electrons. The van der Waals surface area contributed by atoms with E-state index in [0.29, 0.717) is 16.1 Å². The molecule has 0 bridgehead atoms. The van der Waals surface area contributed by atoms with Crippen LogP contribution in [0.1, 0.15) is 43.0 Å². The van der Waals surface area contributed by atoms with E-state index in [9.17, 15) is 14.7 Å². The minimum absolute atomic E-state index is 0.0659. The molecule has 2 atom stereocenters. The summed E-state index contributed by atoms with van der Waals surface area (Å²) in [4.78, 5) is 23.3. The van der Waals surface area contributed by atoms with Crippen LogP contribution in [0.3, 0.4) is 0 Å². The Kier molecular flexibility index (Phi) is 5.22. The van der Waals surface area contributed by atoms with Crippen LogP contribution in [-0.2, 0) is 0 Å². The summed E-state index contributed by atoms with van der Waals surface area (Å²) in [7, 11) is 0. The molecule has 1 fully saturated rings. The number of hydrogen-bond acceptors (Lipinski definition) is 2. The van der Waals surface area contributed by atoms with Crippen LogP contribution in [0.2, 0.25) is 0 Å². The van der Waals surface area contributed by atoms with Gasteiger partial charge in [-0.1, -0.05) is 35.7 Å². The van der Waals surface area contributed by atoms with Gasteiger partial charge >= 0.3 is 12.0 Å². The quantitative estimate of drug-likeness (QED) is 0.771. The molecule has 1 aromatic rings. The van der Waals surface area contributed by atoms with Crippen LogP contribution < -0.4 is 10.6 Å². The maximum Gasteiger partial charge on any atom is 0.337 e. The average molecular weight is 355 g/mol. The molecule has 0 radical (unpaired) electrons. The van der Waals surface area contributed by atoms with E-state index in [4.69, 9.17) is 0 Å². The molecule has 6 heteroatoms. The molecular formula is C15H19BrN2O3. The van der Waals surface area contributed by atoms with E-state index in [2.05, 4.69) is 33.5 Å². The number of rotatable bonds is 3. The van der Waals surface area contributed by atoms with E-state index in [0.717, 1.165) is 19.3 Å². The number of halogens is 1. The molecule has 0 aromatic heterocycles. The molecule has 0 aliphatic heterocycles. The van der Waals surface area contributed by atoms with Crippen molar-refractivity contribution < 1.29 is 14.7 Å². The number of carbonyl (C=O) groups excluding carboxylic acids is 1. The van der Waals surface area contributed by atoms with Crippen molar-refractivity contribution in [3.8, 4) is 0 Å². The highest BCUT2D eigenvalue weighted by Crippen LogP contribution is 2.24. The van der Waals surface area contributed by atoms with Gasteiger partial charge in [-0.25, -0.2) is 9.59 Å². The number of carbonyl (C=O) groups is 2. The van der Waals surface area contributed by atoms with Crippen molar-refractivity contribution in [1.29, 1.82) is 0 Å². The van der Waals surface area contributed by atoms with Crippen LogP contribution in [0.15, 0.2) is 22.7 Å². The van der Waals surface area contributed by atoms with Crippen LogP contribution in [-0.4, -0.2) is 23.1 Å². The van der Waals surface area contributed by atoms with Crippen molar-refractivity contribution in [2.45, 2.75) is 38.6 Å². The van der Waals surface area contributed by atoms with Gasteiger partial charge in [-0.3, -0.25) is 0 Å². The molecule has 1 aliphatic carbocycles. The summed E-state index contributed by atoms with van der Waals surface area (Å²) in [6, 6.07) is 4.56. The lowest BCUT2D eigenvalue weighted by Gasteiger charge is -2.29. The average Bonchev–Trinajstić information content (AvgIpc) is 2.43. The zero-order valence-electron chi connectivity index (χ0n) is 11.9. The fraction of sp³-hybridized carbons (Fsp3) is 0.467. The summed E-state index contributed by atoms with van der Waals surface area (Å²) in [5, 5.41) is 14.8. The summed E-state index contributed by atoms with van der Waals surface area (Å²) in [5.41, 5.74) is 0.364. The molecule has 3 N–H and O–H groups in total. The van der Waals surface area contributed by atoms with Gasteiger partial charge in [-0.15, -0.1) is 0 Å². The number of aromatic carboxylic acids is 1. The first-order chi connectivity index (χ1) is 9.97. The second kappa shape index (κ2) is 6.93. The first kappa shape index (κ1) is 15.8. The fourth-order valence-electron chi connectivity index (χ4n) is 2.66. The summed E-state index contributed by atoms with van der Waals surface area (Å²) < 4.78 is 0.659. The van der Waals surface area contributed by atoms with Gasteiger partial charge < -0.3 is 15.7 Å². The first-order valence-corrected chi connectivity index (χ1v) is 7.87. The highest BCUT2D eigenvalue weighted by Gasteiger charge is 2.23. The van der Waals surface area contributed by atoms with Crippen LogP contribution >= 0.6 is 15.9 Å². The molecule has 0 heterocycles. The zero-order chi connectivity index (χ0) is 15.4. The molecule has 0 saturated heterocycles. The van der Waals surface area contributed by atoms with E-state index >= 15 is 0 Å². The van der Waals surface area contributed by atoms with Gasteiger partial charge in [-0.2, -0.15) is 0 Å². The molecule has 1 aromatic carbocycles. The molecule has 2 amide bonds. The van der Waals surface area contributed by atoms with Crippen molar-refractivity contribution in [3.05, 3.63) is 28.2 Å². The Morgan fingerprint density at radius 1 is 1.29 bits per heavy atom. The van der Waals surface area contributed by atoms with E-state index in [1.165, 1.54) is 12.5 Å². The number of nitrogens with one attached hydrogen (secondary N) is 2. The summed E-state index contributed by atoms with van der Waals surface area (Å²) in [6.45, 7) is 2.13. The van der Waals surface area contributed by atoms with Crippen molar-refractivity contribution in [2.24, 2.45) is 5.92 Å². The maximum absolute atomic E-state index is 12.1. The third kappa shape index (κ3) is 4.20. The lowest BCUT2D eigenvalue weighted by Crippen LogP contribution is -2.43. The largest absolute Gasteiger partial charge is 0.478 e. The highest BCUT2D eigenvalue weighted by molar-refractivity contribution is 9.10. The Bertz CT molecular complexity index is 548. The molecule has 1 saturated carbocycles. The molecule has 0 spiro atoms. The van der Waals surface area contributed by atoms with Gasteiger partial charge in [0, 0.05) is 10.5 Å². The van der Waals surface area contributed by atoms with Crippen LogP contribution in [0.5, 0.6) is 0 Å². The Hall–Kier alpha value is -1.56. The molecule has 2 unspecified atom stereocenters. The van der Waals surface area contributed by atoms with Crippen molar-refractivity contribution in [3.63, 3.8) is 0 Å². The number of hydrogen-bond donors (Lipinski definition) is 3. The molecule has 1 aliphatic rings. The van der Waals surface area contributed by atoms with Gasteiger partial charge in [-0.05, 0) is 37.0 Å². The van der Waals surface area contributed by atoms with Crippen LogP contribution in [0.4, 0.5) is 10.5 Å². The van der Waals surface area contributed by atoms with E-state index in [1.807, 2.05) is 0 Å². The van der Waals surface area contributed by atoms with Gasteiger partial charge in [0.15, 0.2) is 0 Å². The SMILES string of the molecule is CC1CCCCC1NC(=O)Nc1ccc(Br)cc1C(=O)O. The van der Waals surface area contributed by atoms with Gasteiger partial charge in [0.2, 0.25) is 0 Å². The number of anilines is 1. The second-order valence-corrected chi connectivity index (χ2v) is 6.38. The van der Waals surface area contributed by atoms with E-state index in [1.54, 1.807) is 12.1 Å². The Morgan fingerprint density at radius 2 is 2.00 bits per heavy atom. The Balaban J connectivity index is 2.04. The molecule has 2 rings (SSSR count). The second-order valence-electron chi connectivity index (χ2n) is 5.46. The zero-order valence-corrected chi connectivity index (χ0v) is 13.4. The molecule has 21 heavy (non-hydrogen) atoms. The Labute approximate surface area is 132 Å². The fourth-order valence-corrected chi connectivity index (χ4v) is 3.02. The minimum atomic E-state index is -1.07. The van der Waals surface area contributed by atoms with Crippen LogP contribution in [0, 0.1) is 5.92 Å². The number of carboxylic acid groups (broad SMARTS) is 1. The first-order valence-electron chi connectivity index (χ1n) is 7.07. The molecule has 5 nitrogen and oxygen atoms in total. The van der Waals surface area contributed by atoms with Gasteiger partial charge in [0.25, 0.3) is 0 Å². The number of carboxylic acids is 1. The maximum atomic E-state index is 12.1. The summed E-state index contributed by atoms with van der Waals surface area (Å²) in [5.74, 6) is -0.619. The normalized spacial score (nSPS) is 21.6. The third-order valence-corrected chi connectivity index (χ3v) is 4.38. The van der Waals surface area contributed by atoms with E-state index < -0.39 is 5.97 Å². The lowest BCUT2D eigenvalue weighted by atomic mass is 9.86. The number of urea groups is 1. The van der Waals surface area contributed by atoms with Gasteiger partial charge in [0.1, 0.15) is 0 Å². The minimum Gasteiger partial charge on any atom is -0.478 e. The Morgan fingerprint density at radius 3 is 2.67 bits per heavy atom. The molecular weight excluding hydrogens is 336 g/mol. The van der Waals surface area contributed by atoms with Crippen LogP contribution in [0.25, 0.3) is 0 Å². The number of benzene rings is 1. The lowest BCUT2D eigenvalue weighted by molar-refractivity contribution is 0.0698. The van der Waals surface area contributed by atoms with E-state index in [-0.39, 0.29) is 17.6 Å². The topological polar surface area (TPSA) is 78.4 Å². The summed E-state index contributed by atoms with van der Waals surface area (Å²) >= 11 is 3.23. The smallest absolute Gasteiger partial charge is 0.337 e. The van der Waals surface area contributed by atoms with Crippen molar-refractivity contribution in [1.82, 2.24) is 5.32 Å². The van der Waals surface area contributed by atoms with Gasteiger partial charge in [0.05, 0.1) is 11.3 Å². The van der Waals surface area contributed by atoms with Crippen molar-refractivity contribution in [2.75, 3.05) is 5.32 Å². The third-order valence-electron chi connectivity index (χ3n) is 3.89.